The fraction of sp³-hybridized carbons (Fsp3) is 0.267. The minimum absolute atomic E-state index is 0.0405. The Balaban J connectivity index is 1.53. The van der Waals surface area contributed by atoms with Crippen molar-refractivity contribution in [2.75, 3.05) is 26.6 Å². The Kier molecular flexibility index (Phi) is 8.40. The van der Waals surface area contributed by atoms with E-state index in [1.54, 1.807) is 20.4 Å². The third-order valence-electron chi connectivity index (χ3n) is 7.09. The standard InChI is InChI=1S/C30H30IN3O6/c1-37-22-12-8-20(9-13-22)30(19-6-4-3-5-7-19,21-10-14-23(38-2)15-11-21)39-18-26-25(35)16-27(40-26)34-17-24(31)28(32)33-29(34)36/h3-15,17,25-27,35H,16,18H2,1-2H3,(H2,32,33,36). The predicted molar refractivity (Wildman–Crippen MR) is 158 cm³/mol. The first kappa shape index (κ1) is 28.1. The van der Waals surface area contributed by atoms with E-state index in [4.69, 9.17) is 24.7 Å². The second-order valence-corrected chi connectivity index (χ2v) is 10.6. The van der Waals surface area contributed by atoms with Gasteiger partial charge in [0.1, 0.15) is 35.2 Å². The van der Waals surface area contributed by atoms with E-state index in [1.807, 2.05) is 101 Å². The SMILES string of the molecule is COc1ccc(C(OCC2OC(n3cc(I)c(N)nc3=O)CC2O)(c2ccccc2)c2ccc(OC)cc2)cc1. The number of aromatic nitrogens is 2. The number of rotatable bonds is 9. The first-order valence-electron chi connectivity index (χ1n) is 12.7. The topological polar surface area (TPSA) is 118 Å². The number of methoxy groups -OCH3 is 2. The van der Waals surface area contributed by atoms with Gasteiger partial charge in [0, 0.05) is 12.6 Å². The van der Waals surface area contributed by atoms with E-state index in [2.05, 4.69) is 4.98 Å². The number of halogens is 1. The van der Waals surface area contributed by atoms with Gasteiger partial charge in [0.15, 0.2) is 0 Å². The Bertz CT molecular complexity index is 1450. The number of benzene rings is 3. The highest BCUT2D eigenvalue weighted by atomic mass is 127. The number of nitrogens with zero attached hydrogens (tertiary/aromatic N) is 2. The molecule has 9 nitrogen and oxygen atoms in total. The fourth-order valence-electron chi connectivity index (χ4n) is 4.98. The van der Waals surface area contributed by atoms with E-state index in [9.17, 15) is 9.90 Å². The van der Waals surface area contributed by atoms with E-state index in [0.29, 0.717) is 3.57 Å². The number of hydrogen-bond acceptors (Lipinski definition) is 8. The number of ether oxygens (including phenoxy) is 4. The number of nitrogen functional groups attached to an aromatic ring is 1. The molecule has 0 radical (unpaired) electrons. The first-order valence-corrected chi connectivity index (χ1v) is 13.8. The first-order chi connectivity index (χ1) is 19.3. The monoisotopic (exact) mass is 655 g/mol. The van der Waals surface area contributed by atoms with Crippen LogP contribution >= 0.6 is 22.6 Å². The van der Waals surface area contributed by atoms with Crippen molar-refractivity contribution in [3.8, 4) is 11.5 Å². The molecule has 3 unspecified atom stereocenters. The lowest BCUT2D eigenvalue weighted by Gasteiger charge is -2.37. The summed E-state index contributed by atoms with van der Waals surface area (Å²) in [6, 6.07) is 25.3. The molecular weight excluding hydrogens is 625 g/mol. The molecule has 1 aromatic heterocycles. The smallest absolute Gasteiger partial charge is 0.351 e. The lowest BCUT2D eigenvalue weighted by atomic mass is 9.80. The normalized spacial score (nSPS) is 18.9. The zero-order chi connectivity index (χ0) is 28.3. The van der Waals surface area contributed by atoms with Gasteiger partial charge >= 0.3 is 5.69 Å². The molecule has 208 valence electrons. The summed E-state index contributed by atoms with van der Waals surface area (Å²) in [7, 11) is 3.25. The van der Waals surface area contributed by atoms with Crippen molar-refractivity contribution in [2.24, 2.45) is 0 Å². The number of anilines is 1. The quantitative estimate of drug-likeness (QED) is 0.205. The average molecular weight is 655 g/mol. The second kappa shape index (κ2) is 12.0. The van der Waals surface area contributed by atoms with Gasteiger partial charge in [-0.1, -0.05) is 54.6 Å². The van der Waals surface area contributed by atoms with Crippen molar-refractivity contribution in [1.82, 2.24) is 9.55 Å². The maximum absolute atomic E-state index is 12.5. The number of aliphatic hydroxyl groups is 1. The minimum Gasteiger partial charge on any atom is -0.497 e. The highest BCUT2D eigenvalue weighted by Gasteiger charge is 2.42. The number of hydrogen-bond donors (Lipinski definition) is 2. The molecule has 5 rings (SSSR count). The third kappa shape index (κ3) is 5.44. The Morgan fingerprint density at radius 2 is 1.52 bits per heavy atom. The van der Waals surface area contributed by atoms with Gasteiger partial charge in [0.25, 0.3) is 0 Å². The molecule has 0 saturated carbocycles. The van der Waals surface area contributed by atoms with Crippen LogP contribution in [0.5, 0.6) is 11.5 Å². The summed E-state index contributed by atoms with van der Waals surface area (Å²) in [5.74, 6) is 1.59. The lowest BCUT2D eigenvalue weighted by Crippen LogP contribution is -2.38. The van der Waals surface area contributed by atoms with Gasteiger partial charge < -0.3 is 29.8 Å². The van der Waals surface area contributed by atoms with Crippen LogP contribution in [0.2, 0.25) is 0 Å². The molecule has 0 amide bonds. The van der Waals surface area contributed by atoms with E-state index in [0.717, 1.165) is 28.2 Å². The predicted octanol–water partition coefficient (Wildman–Crippen LogP) is 4.10. The molecular formula is C30H30IN3O6. The highest BCUT2D eigenvalue weighted by Crippen LogP contribution is 2.42. The van der Waals surface area contributed by atoms with Gasteiger partial charge in [-0.15, -0.1) is 0 Å². The van der Waals surface area contributed by atoms with Crippen LogP contribution in [0.15, 0.2) is 89.9 Å². The lowest BCUT2D eigenvalue weighted by molar-refractivity contribution is -0.0944. The second-order valence-electron chi connectivity index (χ2n) is 9.41. The molecule has 0 bridgehead atoms. The van der Waals surface area contributed by atoms with Crippen LogP contribution in [0.25, 0.3) is 0 Å². The van der Waals surface area contributed by atoms with Gasteiger partial charge in [-0.05, 0) is 63.5 Å². The molecule has 1 aliphatic heterocycles. The Morgan fingerprint density at radius 1 is 0.975 bits per heavy atom. The summed E-state index contributed by atoms with van der Waals surface area (Å²) >= 11 is 2.01. The molecule has 10 heteroatoms. The van der Waals surface area contributed by atoms with Crippen LogP contribution in [0.4, 0.5) is 5.82 Å². The van der Waals surface area contributed by atoms with Gasteiger partial charge in [0.2, 0.25) is 0 Å². The van der Waals surface area contributed by atoms with Crippen LogP contribution in [0, 0.1) is 3.57 Å². The number of aliphatic hydroxyl groups excluding tert-OH is 1. The molecule has 0 spiro atoms. The Hall–Kier alpha value is -3.45. The summed E-state index contributed by atoms with van der Waals surface area (Å²) in [6.45, 7) is 0.0405. The van der Waals surface area contributed by atoms with Crippen molar-refractivity contribution in [3.63, 3.8) is 0 Å². The zero-order valence-electron chi connectivity index (χ0n) is 22.1. The Labute approximate surface area is 245 Å². The van der Waals surface area contributed by atoms with E-state index in [-0.39, 0.29) is 18.8 Å². The summed E-state index contributed by atoms with van der Waals surface area (Å²) in [4.78, 5) is 16.4. The summed E-state index contributed by atoms with van der Waals surface area (Å²) < 4.78 is 25.8. The largest absolute Gasteiger partial charge is 0.497 e. The van der Waals surface area contributed by atoms with Crippen molar-refractivity contribution in [2.45, 2.75) is 30.5 Å². The van der Waals surface area contributed by atoms with E-state index in [1.165, 1.54) is 4.57 Å². The van der Waals surface area contributed by atoms with Crippen LogP contribution in [0.1, 0.15) is 29.3 Å². The van der Waals surface area contributed by atoms with Gasteiger partial charge in [-0.25, -0.2) is 4.79 Å². The molecule has 1 saturated heterocycles. The molecule has 0 aliphatic carbocycles. The summed E-state index contributed by atoms with van der Waals surface area (Å²) in [6.07, 6.45) is -0.474. The molecule has 40 heavy (non-hydrogen) atoms. The average Bonchev–Trinajstić information content (AvgIpc) is 3.36. The van der Waals surface area contributed by atoms with Crippen LogP contribution in [-0.2, 0) is 15.1 Å². The fourth-order valence-corrected chi connectivity index (χ4v) is 5.40. The van der Waals surface area contributed by atoms with Crippen molar-refractivity contribution in [1.29, 1.82) is 0 Å². The van der Waals surface area contributed by atoms with Crippen LogP contribution in [0.3, 0.4) is 0 Å². The Morgan fingerprint density at radius 3 is 2.08 bits per heavy atom. The van der Waals surface area contributed by atoms with Gasteiger partial charge in [0.05, 0.1) is 30.5 Å². The van der Waals surface area contributed by atoms with Crippen molar-refractivity contribution in [3.05, 3.63) is 116 Å². The number of nitrogens with two attached hydrogens (primary N) is 1. The molecule has 2 heterocycles. The molecule has 1 fully saturated rings. The highest BCUT2D eigenvalue weighted by molar-refractivity contribution is 14.1. The maximum atomic E-state index is 12.5. The summed E-state index contributed by atoms with van der Waals surface area (Å²) in [5.41, 5.74) is 6.81. The zero-order valence-corrected chi connectivity index (χ0v) is 24.2. The van der Waals surface area contributed by atoms with Gasteiger partial charge in [-0.3, -0.25) is 4.57 Å². The molecule has 1 aliphatic rings. The van der Waals surface area contributed by atoms with Gasteiger partial charge in [-0.2, -0.15) is 4.98 Å². The molecule has 4 aromatic rings. The summed E-state index contributed by atoms with van der Waals surface area (Å²) in [5, 5.41) is 11.0. The molecule has 3 atom stereocenters. The van der Waals surface area contributed by atoms with Crippen molar-refractivity contribution < 1.29 is 24.1 Å². The van der Waals surface area contributed by atoms with Crippen LogP contribution < -0.4 is 20.9 Å². The van der Waals surface area contributed by atoms with E-state index >= 15 is 0 Å². The van der Waals surface area contributed by atoms with Crippen molar-refractivity contribution >= 4 is 28.4 Å². The third-order valence-corrected chi connectivity index (χ3v) is 7.92. The van der Waals surface area contributed by atoms with E-state index < -0.39 is 29.7 Å². The van der Waals surface area contributed by atoms with Crippen LogP contribution in [-0.4, -0.2) is 47.7 Å². The minimum atomic E-state index is -1.06. The molecule has 3 aromatic carbocycles. The maximum Gasteiger partial charge on any atom is 0.351 e. The molecule has 3 N–H and O–H groups in total.